The summed E-state index contributed by atoms with van der Waals surface area (Å²) in [6.07, 6.45) is 0. The van der Waals surface area contributed by atoms with Gasteiger partial charge in [-0.15, -0.1) is 0 Å². The number of ether oxygens (including phenoxy) is 1. The van der Waals surface area contributed by atoms with Crippen LogP contribution in [0.1, 0.15) is 20.8 Å². The quantitative estimate of drug-likeness (QED) is 0.333. The molecule has 1 aliphatic rings. The molecule has 1 aliphatic heterocycles. The Morgan fingerprint density at radius 1 is 1.47 bits per heavy atom. The van der Waals surface area contributed by atoms with Gasteiger partial charge in [0.15, 0.2) is 0 Å². The topological polar surface area (TPSA) is 96.7 Å². The number of carbonyl (C=O) groups is 2. The third-order valence-electron chi connectivity index (χ3n) is 3.22. The Labute approximate surface area is 113 Å². The van der Waals surface area contributed by atoms with Crippen LogP contribution in [0.25, 0.3) is 0 Å². The highest BCUT2D eigenvalue weighted by molar-refractivity contribution is 5.85. The Balaban J connectivity index is 2.89. The lowest BCUT2D eigenvalue weighted by Gasteiger charge is -2.40. The first-order valence-corrected chi connectivity index (χ1v) is 6.64. The summed E-state index contributed by atoms with van der Waals surface area (Å²) in [5.41, 5.74) is 2.18. The van der Waals surface area contributed by atoms with E-state index in [1.807, 2.05) is 25.7 Å². The zero-order valence-electron chi connectivity index (χ0n) is 11.8. The molecule has 0 bridgehead atoms. The number of nitrogens with one attached hydrogen (secondary N) is 2. The summed E-state index contributed by atoms with van der Waals surface area (Å²) in [6.45, 7) is 7.63. The lowest BCUT2D eigenvalue weighted by Crippen LogP contribution is -2.62. The zero-order chi connectivity index (χ0) is 14.4. The Bertz CT molecular complexity index is 322. The summed E-state index contributed by atoms with van der Waals surface area (Å²) < 4.78 is 5.36. The number of hydrazine groups is 1. The number of likely N-dealkylation sites (N-methyl/N-ethyl adjacent to an activating group) is 1. The van der Waals surface area contributed by atoms with Gasteiger partial charge in [0.1, 0.15) is 6.04 Å². The van der Waals surface area contributed by atoms with Crippen molar-refractivity contribution in [3.8, 4) is 0 Å². The van der Waals surface area contributed by atoms with Crippen molar-refractivity contribution in [2.24, 2.45) is 11.8 Å². The first-order chi connectivity index (χ1) is 9.02. The van der Waals surface area contributed by atoms with Gasteiger partial charge in [-0.3, -0.25) is 19.9 Å². The average molecular weight is 272 g/mol. The number of nitrogens with two attached hydrogens (primary N) is 1. The van der Waals surface area contributed by atoms with Crippen LogP contribution in [0.4, 0.5) is 0 Å². The highest BCUT2D eigenvalue weighted by Crippen LogP contribution is 2.18. The second kappa shape index (κ2) is 7.42. The van der Waals surface area contributed by atoms with Crippen LogP contribution in [-0.2, 0) is 14.3 Å². The van der Waals surface area contributed by atoms with Gasteiger partial charge in [-0.1, -0.05) is 13.8 Å². The van der Waals surface area contributed by atoms with Crippen LogP contribution in [0.5, 0.6) is 0 Å². The maximum Gasteiger partial charge on any atom is 0.251 e. The Morgan fingerprint density at radius 3 is 2.68 bits per heavy atom. The SMILES string of the molecule is CCNC(=O)C1COCCN1C(C(=O)NN)C(C)C. The fourth-order valence-electron chi connectivity index (χ4n) is 2.39. The summed E-state index contributed by atoms with van der Waals surface area (Å²) in [5, 5.41) is 2.77. The second-order valence-corrected chi connectivity index (χ2v) is 4.92. The first-order valence-electron chi connectivity index (χ1n) is 6.64. The molecule has 0 spiro atoms. The number of amides is 2. The number of nitrogens with zero attached hydrogens (tertiary/aromatic N) is 1. The number of rotatable bonds is 5. The molecule has 0 aromatic heterocycles. The third-order valence-corrected chi connectivity index (χ3v) is 3.22. The number of carbonyl (C=O) groups excluding carboxylic acids is 2. The molecule has 0 aromatic carbocycles. The van der Waals surface area contributed by atoms with Gasteiger partial charge in [-0.05, 0) is 12.8 Å². The van der Waals surface area contributed by atoms with Gasteiger partial charge < -0.3 is 10.1 Å². The van der Waals surface area contributed by atoms with E-state index in [4.69, 9.17) is 10.6 Å². The molecule has 7 nitrogen and oxygen atoms in total. The van der Waals surface area contributed by atoms with E-state index in [0.29, 0.717) is 26.3 Å². The van der Waals surface area contributed by atoms with Gasteiger partial charge in [-0.2, -0.15) is 0 Å². The number of hydrogen-bond acceptors (Lipinski definition) is 5. The molecule has 4 N–H and O–H groups in total. The van der Waals surface area contributed by atoms with Crippen LogP contribution < -0.4 is 16.6 Å². The molecule has 19 heavy (non-hydrogen) atoms. The average Bonchev–Trinajstić information content (AvgIpc) is 2.39. The molecule has 1 rings (SSSR count). The first kappa shape index (κ1) is 15.9. The number of hydrogen-bond donors (Lipinski definition) is 3. The fraction of sp³-hybridized carbons (Fsp3) is 0.833. The lowest BCUT2D eigenvalue weighted by molar-refractivity contribution is -0.142. The van der Waals surface area contributed by atoms with Gasteiger partial charge in [0, 0.05) is 13.1 Å². The third kappa shape index (κ3) is 3.89. The van der Waals surface area contributed by atoms with Crippen molar-refractivity contribution >= 4 is 11.8 Å². The molecule has 110 valence electrons. The summed E-state index contributed by atoms with van der Waals surface area (Å²) in [4.78, 5) is 25.9. The largest absolute Gasteiger partial charge is 0.378 e. The van der Waals surface area contributed by atoms with Crippen molar-refractivity contribution in [1.29, 1.82) is 0 Å². The van der Waals surface area contributed by atoms with Crippen LogP contribution >= 0.6 is 0 Å². The maximum atomic E-state index is 12.1. The predicted octanol–water partition coefficient (Wildman–Crippen LogP) is -1.16. The standard InChI is InChI=1S/C12H24N4O3/c1-4-14-11(17)9-7-19-6-5-16(9)10(8(2)3)12(18)15-13/h8-10H,4-7,13H2,1-3H3,(H,14,17)(H,15,18). The molecule has 1 saturated heterocycles. The molecule has 0 aliphatic carbocycles. The lowest BCUT2D eigenvalue weighted by atomic mass is 9.99. The molecular formula is C12H24N4O3. The molecule has 2 unspecified atom stereocenters. The van der Waals surface area contributed by atoms with Gasteiger partial charge in [0.25, 0.3) is 5.91 Å². The Morgan fingerprint density at radius 2 is 2.16 bits per heavy atom. The van der Waals surface area contributed by atoms with Crippen LogP contribution in [0.2, 0.25) is 0 Å². The van der Waals surface area contributed by atoms with E-state index >= 15 is 0 Å². The molecule has 2 atom stereocenters. The fourth-order valence-corrected chi connectivity index (χ4v) is 2.39. The van der Waals surface area contributed by atoms with Crippen LogP contribution in [0, 0.1) is 5.92 Å². The molecule has 0 aromatic rings. The van der Waals surface area contributed by atoms with E-state index in [9.17, 15) is 9.59 Å². The minimum atomic E-state index is -0.446. The molecule has 0 saturated carbocycles. The Kier molecular flexibility index (Phi) is 6.20. The van der Waals surface area contributed by atoms with Crippen molar-refractivity contribution in [2.75, 3.05) is 26.3 Å². The van der Waals surface area contributed by atoms with E-state index in [0.717, 1.165) is 0 Å². The van der Waals surface area contributed by atoms with E-state index in [2.05, 4.69) is 10.7 Å². The van der Waals surface area contributed by atoms with E-state index in [-0.39, 0.29) is 17.7 Å². The van der Waals surface area contributed by atoms with Crippen molar-refractivity contribution in [3.63, 3.8) is 0 Å². The molecule has 0 radical (unpaired) electrons. The zero-order valence-corrected chi connectivity index (χ0v) is 11.8. The predicted molar refractivity (Wildman–Crippen MR) is 71.0 cm³/mol. The van der Waals surface area contributed by atoms with E-state index in [1.165, 1.54) is 0 Å². The number of morpholine rings is 1. The van der Waals surface area contributed by atoms with Crippen molar-refractivity contribution in [1.82, 2.24) is 15.6 Å². The van der Waals surface area contributed by atoms with E-state index in [1.54, 1.807) is 0 Å². The second-order valence-electron chi connectivity index (χ2n) is 4.92. The summed E-state index contributed by atoms with van der Waals surface area (Å²) in [5.74, 6) is 4.91. The molecule has 7 heteroatoms. The molecule has 1 fully saturated rings. The summed E-state index contributed by atoms with van der Waals surface area (Å²) in [6, 6.07) is -0.875. The summed E-state index contributed by atoms with van der Waals surface area (Å²) in [7, 11) is 0. The van der Waals surface area contributed by atoms with Gasteiger partial charge in [0.05, 0.1) is 19.3 Å². The molecule has 1 heterocycles. The van der Waals surface area contributed by atoms with Gasteiger partial charge in [0.2, 0.25) is 5.91 Å². The van der Waals surface area contributed by atoms with E-state index < -0.39 is 12.1 Å². The molecule has 2 amide bonds. The maximum absolute atomic E-state index is 12.1. The van der Waals surface area contributed by atoms with Crippen LogP contribution in [0.3, 0.4) is 0 Å². The van der Waals surface area contributed by atoms with Crippen LogP contribution in [0.15, 0.2) is 0 Å². The molecular weight excluding hydrogens is 248 g/mol. The highest BCUT2D eigenvalue weighted by atomic mass is 16.5. The highest BCUT2D eigenvalue weighted by Gasteiger charge is 2.38. The normalized spacial score (nSPS) is 22.1. The minimum absolute atomic E-state index is 0.0542. The van der Waals surface area contributed by atoms with Crippen molar-refractivity contribution in [2.45, 2.75) is 32.9 Å². The summed E-state index contributed by atoms with van der Waals surface area (Å²) >= 11 is 0. The van der Waals surface area contributed by atoms with Gasteiger partial charge in [-0.25, -0.2) is 5.84 Å². The minimum Gasteiger partial charge on any atom is -0.378 e. The Hall–Kier alpha value is -1.18. The monoisotopic (exact) mass is 272 g/mol. The van der Waals surface area contributed by atoms with Gasteiger partial charge >= 0.3 is 0 Å². The van der Waals surface area contributed by atoms with Crippen LogP contribution in [-0.4, -0.2) is 55.1 Å². The van der Waals surface area contributed by atoms with Crippen molar-refractivity contribution < 1.29 is 14.3 Å². The smallest absolute Gasteiger partial charge is 0.251 e. The van der Waals surface area contributed by atoms with Crippen molar-refractivity contribution in [3.05, 3.63) is 0 Å².